The van der Waals surface area contributed by atoms with Gasteiger partial charge in [-0.3, -0.25) is 4.90 Å². The lowest BCUT2D eigenvalue weighted by atomic mass is 9.94. The van der Waals surface area contributed by atoms with Gasteiger partial charge in [-0.25, -0.2) is 0 Å². The van der Waals surface area contributed by atoms with Crippen LogP contribution in [0.2, 0.25) is 4.34 Å². The Hall–Kier alpha value is -0.0900. The minimum atomic E-state index is 0.242. The van der Waals surface area contributed by atoms with Gasteiger partial charge in [-0.2, -0.15) is 0 Å². The van der Waals surface area contributed by atoms with E-state index < -0.39 is 0 Å². The summed E-state index contributed by atoms with van der Waals surface area (Å²) in [7, 11) is 0. The first-order valence-electron chi connectivity index (χ1n) is 6.35. The first kappa shape index (κ1) is 13.3. The molecule has 3 atom stereocenters. The summed E-state index contributed by atoms with van der Waals surface area (Å²) in [6.07, 6.45) is 3.81. The minimum Gasteiger partial charge on any atom is -0.327 e. The molecule has 3 unspecified atom stereocenters. The molecule has 96 valence electrons. The second kappa shape index (κ2) is 5.70. The normalized spacial score (nSPS) is 25.8. The van der Waals surface area contributed by atoms with Crippen LogP contribution in [0.15, 0.2) is 11.4 Å². The first-order chi connectivity index (χ1) is 8.09. The number of hydrogen-bond donors (Lipinski definition) is 1. The van der Waals surface area contributed by atoms with Crippen molar-refractivity contribution in [1.82, 2.24) is 4.90 Å². The molecule has 2 rings (SSSR count). The topological polar surface area (TPSA) is 29.3 Å². The van der Waals surface area contributed by atoms with E-state index in [1.807, 2.05) is 0 Å². The van der Waals surface area contributed by atoms with E-state index in [0.717, 1.165) is 10.9 Å². The lowest BCUT2D eigenvalue weighted by Crippen LogP contribution is -2.49. The average molecular weight is 273 g/mol. The lowest BCUT2D eigenvalue weighted by molar-refractivity contribution is 0.0892. The van der Waals surface area contributed by atoms with Gasteiger partial charge in [0.2, 0.25) is 0 Å². The molecule has 2 nitrogen and oxygen atoms in total. The molecule has 2 N–H and O–H groups in total. The molecule has 1 saturated heterocycles. The third kappa shape index (κ3) is 3.02. The summed E-state index contributed by atoms with van der Waals surface area (Å²) in [5.41, 5.74) is 7.44. The number of thiophene rings is 1. The smallest absolute Gasteiger partial charge is 0.0931 e. The standard InChI is InChI=1S/C13H21ClN2S/c1-9(15)12-5-3-4-6-16(12)10(2)11-7-13(14)17-8-11/h7-10,12H,3-6,15H2,1-2H3. The molecule has 0 amide bonds. The maximum Gasteiger partial charge on any atom is 0.0931 e. The molecule has 0 aromatic carbocycles. The van der Waals surface area contributed by atoms with Crippen molar-refractivity contribution in [2.75, 3.05) is 6.54 Å². The van der Waals surface area contributed by atoms with Crippen LogP contribution in [0.4, 0.5) is 0 Å². The van der Waals surface area contributed by atoms with Crippen LogP contribution in [0.25, 0.3) is 0 Å². The predicted octanol–water partition coefficient (Wildman–Crippen LogP) is 3.66. The van der Waals surface area contributed by atoms with E-state index in [1.165, 1.54) is 24.8 Å². The molecule has 1 aromatic rings. The number of likely N-dealkylation sites (tertiary alicyclic amines) is 1. The highest BCUT2D eigenvalue weighted by Gasteiger charge is 2.29. The molecule has 2 heterocycles. The zero-order valence-corrected chi connectivity index (χ0v) is 12.1. The fourth-order valence-corrected chi connectivity index (χ4v) is 3.74. The van der Waals surface area contributed by atoms with Gasteiger partial charge in [0, 0.05) is 18.1 Å². The van der Waals surface area contributed by atoms with Crippen LogP contribution in [0, 0.1) is 0 Å². The van der Waals surface area contributed by atoms with Gasteiger partial charge in [-0.1, -0.05) is 18.0 Å². The number of nitrogens with two attached hydrogens (primary N) is 1. The molecule has 1 aliphatic heterocycles. The van der Waals surface area contributed by atoms with Crippen molar-refractivity contribution >= 4 is 22.9 Å². The monoisotopic (exact) mass is 272 g/mol. The third-order valence-corrected chi connectivity index (χ3v) is 4.88. The number of halogens is 1. The van der Waals surface area contributed by atoms with Crippen LogP contribution in [0.5, 0.6) is 0 Å². The van der Waals surface area contributed by atoms with Gasteiger partial charge in [0.15, 0.2) is 0 Å². The van der Waals surface area contributed by atoms with Gasteiger partial charge in [0.25, 0.3) is 0 Å². The Labute approximate surface area is 113 Å². The van der Waals surface area contributed by atoms with Gasteiger partial charge in [0.1, 0.15) is 0 Å². The lowest BCUT2D eigenvalue weighted by Gasteiger charge is -2.41. The molecule has 1 aliphatic rings. The molecule has 0 spiro atoms. The Kier molecular flexibility index (Phi) is 4.47. The van der Waals surface area contributed by atoms with Crippen molar-refractivity contribution in [3.63, 3.8) is 0 Å². The van der Waals surface area contributed by atoms with E-state index in [9.17, 15) is 0 Å². The molecule has 4 heteroatoms. The zero-order valence-electron chi connectivity index (χ0n) is 10.5. The van der Waals surface area contributed by atoms with E-state index in [-0.39, 0.29) is 6.04 Å². The van der Waals surface area contributed by atoms with Crippen molar-refractivity contribution < 1.29 is 0 Å². The minimum absolute atomic E-state index is 0.242. The number of hydrogen-bond acceptors (Lipinski definition) is 3. The Balaban J connectivity index is 2.13. The van der Waals surface area contributed by atoms with Crippen LogP contribution in [-0.2, 0) is 0 Å². The average Bonchev–Trinajstić information content (AvgIpc) is 2.75. The molecular weight excluding hydrogens is 252 g/mol. The summed E-state index contributed by atoms with van der Waals surface area (Å²) in [6.45, 7) is 5.54. The van der Waals surface area contributed by atoms with Gasteiger partial charge >= 0.3 is 0 Å². The highest BCUT2D eigenvalue weighted by atomic mass is 35.5. The van der Waals surface area contributed by atoms with Gasteiger partial charge in [0.05, 0.1) is 4.34 Å². The summed E-state index contributed by atoms with van der Waals surface area (Å²) in [5.74, 6) is 0. The summed E-state index contributed by atoms with van der Waals surface area (Å²) >= 11 is 7.63. The van der Waals surface area contributed by atoms with Crippen LogP contribution in [0.3, 0.4) is 0 Å². The third-order valence-electron chi connectivity index (χ3n) is 3.77. The van der Waals surface area contributed by atoms with Crippen molar-refractivity contribution in [3.05, 3.63) is 21.3 Å². The van der Waals surface area contributed by atoms with Crippen LogP contribution < -0.4 is 5.73 Å². The summed E-state index contributed by atoms with van der Waals surface area (Å²) in [5, 5.41) is 2.17. The van der Waals surface area contributed by atoms with E-state index >= 15 is 0 Å². The fourth-order valence-electron chi connectivity index (χ4n) is 2.76. The fraction of sp³-hybridized carbons (Fsp3) is 0.692. The Morgan fingerprint density at radius 1 is 1.47 bits per heavy atom. The van der Waals surface area contributed by atoms with Gasteiger partial charge in [-0.15, -0.1) is 11.3 Å². The van der Waals surface area contributed by atoms with Crippen LogP contribution >= 0.6 is 22.9 Å². The van der Waals surface area contributed by atoms with Gasteiger partial charge in [-0.05, 0) is 50.2 Å². The van der Waals surface area contributed by atoms with Crippen molar-refractivity contribution in [1.29, 1.82) is 0 Å². The van der Waals surface area contributed by atoms with Crippen molar-refractivity contribution in [2.45, 2.75) is 51.2 Å². The largest absolute Gasteiger partial charge is 0.327 e. The summed E-state index contributed by atoms with van der Waals surface area (Å²) in [4.78, 5) is 2.55. The molecule has 17 heavy (non-hydrogen) atoms. The molecule has 0 saturated carbocycles. The molecule has 0 radical (unpaired) electrons. The Morgan fingerprint density at radius 2 is 2.24 bits per heavy atom. The number of piperidine rings is 1. The van der Waals surface area contributed by atoms with E-state index in [0.29, 0.717) is 12.1 Å². The highest BCUT2D eigenvalue weighted by Crippen LogP contribution is 2.32. The van der Waals surface area contributed by atoms with Crippen molar-refractivity contribution in [3.8, 4) is 0 Å². The number of rotatable bonds is 3. The zero-order chi connectivity index (χ0) is 12.4. The Morgan fingerprint density at radius 3 is 2.82 bits per heavy atom. The maximum absolute atomic E-state index is 6.11. The van der Waals surface area contributed by atoms with E-state index in [2.05, 4.69) is 30.2 Å². The molecule has 0 bridgehead atoms. The number of nitrogens with zero attached hydrogens (tertiary/aromatic N) is 1. The molecule has 1 fully saturated rings. The molecule has 1 aromatic heterocycles. The summed E-state index contributed by atoms with van der Waals surface area (Å²) in [6, 6.07) is 3.27. The highest BCUT2D eigenvalue weighted by molar-refractivity contribution is 7.14. The van der Waals surface area contributed by atoms with E-state index in [4.69, 9.17) is 17.3 Å². The van der Waals surface area contributed by atoms with Crippen molar-refractivity contribution in [2.24, 2.45) is 5.73 Å². The van der Waals surface area contributed by atoms with Gasteiger partial charge < -0.3 is 5.73 Å². The van der Waals surface area contributed by atoms with Crippen LogP contribution in [-0.4, -0.2) is 23.5 Å². The summed E-state index contributed by atoms with van der Waals surface area (Å²) < 4.78 is 0.876. The predicted molar refractivity (Wildman–Crippen MR) is 75.7 cm³/mol. The second-order valence-electron chi connectivity index (χ2n) is 5.02. The maximum atomic E-state index is 6.11. The molecular formula is C13H21ClN2S. The van der Waals surface area contributed by atoms with E-state index in [1.54, 1.807) is 11.3 Å². The molecule has 0 aliphatic carbocycles. The quantitative estimate of drug-likeness (QED) is 0.910. The van der Waals surface area contributed by atoms with Crippen LogP contribution in [0.1, 0.15) is 44.7 Å². The second-order valence-corrected chi connectivity index (χ2v) is 6.56. The Bertz CT molecular complexity index is 364. The SMILES string of the molecule is CC(N)C1CCCCN1C(C)c1csc(Cl)c1. The first-order valence-corrected chi connectivity index (χ1v) is 7.60.